The highest BCUT2D eigenvalue weighted by Gasteiger charge is 2.04. The van der Waals surface area contributed by atoms with Crippen LogP contribution in [0.2, 0.25) is 0 Å². The van der Waals surface area contributed by atoms with Crippen molar-refractivity contribution in [3.63, 3.8) is 0 Å². The van der Waals surface area contributed by atoms with Gasteiger partial charge in [0.15, 0.2) is 5.82 Å². The van der Waals surface area contributed by atoms with Crippen molar-refractivity contribution in [1.82, 2.24) is 30.4 Å². The van der Waals surface area contributed by atoms with Crippen LogP contribution in [0.15, 0.2) is 18.5 Å². The van der Waals surface area contributed by atoms with Crippen LogP contribution in [0.4, 0.5) is 0 Å². The topological polar surface area (TPSA) is 107 Å². The number of carbonyl (C=O) groups is 1. The molecule has 1 N–H and O–H groups in total. The van der Waals surface area contributed by atoms with Crippen LogP contribution in [0.3, 0.4) is 0 Å². The van der Waals surface area contributed by atoms with Gasteiger partial charge in [-0.25, -0.2) is 0 Å². The lowest BCUT2D eigenvalue weighted by molar-refractivity contribution is -0.136. The molecule has 0 aliphatic heterocycles. The minimum Gasteiger partial charge on any atom is -0.481 e. The maximum absolute atomic E-state index is 10.4. The minimum atomic E-state index is -0.945. The van der Waals surface area contributed by atoms with Gasteiger partial charge in [0.1, 0.15) is 6.33 Å². The molecule has 0 saturated heterocycles. The lowest BCUT2D eigenvalue weighted by Crippen LogP contribution is -2.06. The number of carboxylic acids is 1. The van der Waals surface area contributed by atoms with Crippen LogP contribution in [-0.2, 0) is 11.2 Å². The highest BCUT2D eigenvalue weighted by atomic mass is 16.4. The van der Waals surface area contributed by atoms with Crippen LogP contribution in [0.5, 0.6) is 0 Å². The number of aromatic nitrogens is 6. The van der Waals surface area contributed by atoms with Crippen molar-refractivity contribution < 1.29 is 9.90 Å². The molecule has 15 heavy (non-hydrogen) atoms. The van der Waals surface area contributed by atoms with Crippen LogP contribution >= 0.6 is 0 Å². The van der Waals surface area contributed by atoms with E-state index < -0.39 is 5.97 Å². The molecule has 0 aliphatic rings. The summed E-state index contributed by atoms with van der Waals surface area (Å²) in [5.74, 6) is -0.506. The normalized spacial score (nSPS) is 10.1. The van der Waals surface area contributed by atoms with Crippen molar-refractivity contribution >= 4 is 5.97 Å². The summed E-state index contributed by atoms with van der Waals surface area (Å²) >= 11 is 0. The van der Waals surface area contributed by atoms with E-state index in [1.165, 1.54) is 11.0 Å². The van der Waals surface area contributed by atoms with E-state index in [4.69, 9.17) is 5.11 Å². The van der Waals surface area contributed by atoms with Gasteiger partial charge in [-0.1, -0.05) is 0 Å². The lowest BCUT2D eigenvalue weighted by atomic mass is 10.3. The summed E-state index contributed by atoms with van der Waals surface area (Å²) in [6.45, 7) is 0. The average molecular weight is 206 g/mol. The molecule has 2 rings (SSSR count). The fraction of sp³-hybridized carbons (Fsp3) is 0.143. The fourth-order valence-corrected chi connectivity index (χ4v) is 0.991. The molecule has 0 aromatic carbocycles. The Bertz CT molecular complexity index is 451. The van der Waals surface area contributed by atoms with E-state index in [2.05, 4.69) is 25.7 Å². The quantitative estimate of drug-likeness (QED) is 0.691. The van der Waals surface area contributed by atoms with Gasteiger partial charge in [-0.15, -0.1) is 10.2 Å². The fourth-order valence-electron chi connectivity index (χ4n) is 0.991. The summed E-state index contributed by atoms with van der Waals surface area (Å²) in [4.78, 5) is 10.4. The van der Waals surface area contributed by atoms with E-state index in [1.54, 1.807) is 12.1 Å². The Morgan fingerprint density at radius 1 is 1.40 bits per heavy atom. The first kappa shape index (κ1) is 9.19. The number of hydrogen-bond donors (Lipinski definition) is 1. The molecule has 8 nitrogen and oxygen atoms in total. The summed E-state index contributed by atoms with van der Waals surface area (Å²) in [5, 5.41) is 26.5. The monoisotopic (exact) mass is 206 g/mol. The van der Waals surface area contributed by atoms with Crippen molar-refractivity contribution in [3.05, 3.63) is 24.2 Å². The number of carboxylic acid groups (broad SMARTS) is 1. The SMILES string of the molecule is O=C(O)Cc1ccc(-n2cnnn2)nn1. The van der Waals surface area contributed by atoms with Crippen molar-refractivity contribution in [2.24, 2.45) is 0 Å². The van der Waals surface area contributed by atoms with Crippen molar-refractivity contribution in [1.29, 1.82) is 0 Å². The van der Waals surface area contributed by atoms with E-state index in [0.717, 1.165) is 0 Å². The van der Waals surface area contributed by atoms with Gasteiger partial charge in [0.2, 0.25) is 0 Å². The summed E-state index contributed by atoms with van der Waals surface area (Å²) in [6.07, 6.45) is 1.23. The first-order valence-electron chi connectivity index (χ1n) is 4.03. The molecule has 2 aromatic rings. The van der Waals surface area contributed by atoms with E-state index >= 15 is 0 Å². The van der Waals surface area contributed by atoms with Crippen LogP contribution < -0.4 is 0 Å². The standard InChI is InChI=1S/C7H6N6O2/c14-7(15)3-5-1-2-6(10-9-5)13-4-8-11-12-13/h1-2,4H,3H2,(H,14,15). The average Bonchev–Trinajstić information content (AvgIpc) is 2.71. The van der Waals surface area contributed by atoms with E-state index in [9.17, 15) is 4.79 Å². The van der Waals surface area contributed by atoms with Gasteiger partial charge in [0.05, 0.1) is 12.1 Å². The van der Waals surface area contributed by atoms with Gasteiger partial charge in [-0.3, -0.25) is 4.79 Å². The van der Waals surface area contributed by atoms with Crippen LogP contribution in [-0.4, -0.2) is 41.5 Å². The van der Waals surface area contributed by atoms with E-state index in [-0.39, 0.29) is 6.42 Å². The van der Waals surface area contributed by atoms with Crippen LogP contribution in [0.25, 0.3) is 5.82 Å². The molecule has 0 fully saturated rings. The van der Waals surface area contributed by atoms with Crippen molar-refractivity contribution in [3.8, 4) is 5.82 Å². The zero-order valence-electron chi connectivity index (χ0n) is 7.48. The molecule has 8 heteroatoms. The zero-order valence-corrected chi connectivity index (χ0v) is 7.48. The third-order valence-corrected chi connectivity index (χ3v) is 1.62. The molecule has 2 aromatic heterocycles. The van der Waals surface area contributed by atoms with Crippen LogP contribution in [0, 0.1) is 0 Å². The lowest BCUT2D eigenvalue weighted by Gasteiger charge is -1.97. The predicted molar refractivity (Wildman–Crippen MR) is 46.1 cm³/mol. The smallest absolute Gasteiger partial charge is 0.309 e. The molecule has 0 spiro atoms. The molecule has 0 aliphatic carbocycles. The van der Waals surface area contributed by atoms with E-state index in [1.807, 2.05) is 0 Å². The molecular weight excluding hydrogens is 200 g/mol. The summed E-state index contributed by atoms with van der Waals surface area (Å²) in [7, 11) is 0. The minimum absolute atomic E-state index is 0.150. The first-order valence-corrected chi connectivity index (χ1v) is 4.03. The Morgan fingerprint density at radius 2 is 2.27 bits per heavy atom. The number of aliphatic carboxylic acids is 1. The van der Waals surface area contributed by atoms with Gasteiger partial charge in [0, 0.05) is 0 Å². The molecular formula is C7H6N6O2. The summed E-state index contributed by atoms with van der Waals surface area (Å²) < 4.78 is 1.33. The molecule has 76 valence electrons. The van der Waals surface area contributed by atoms with Gasteiger partial charge < -0.3 is 5.11 Å². The summed E-state index contributed by atoms with van der Waals surface area (Å²) in [6, 6.07) is 3.17. The Hall–Kier alpha value is -2.38. The second-order valence-electron chi connectivity index (χ2n) is 2.71. The maximum Gasteiger partial charge on any atom is 0.309 e. The van der Waals surface area contributed by atoms with E-state index in [0.29, 0.717) is 11.5 Å². The predicted octanol–water partition coefficient (Wildman–Crippen LogP) is -0.921. The second-order valence-corrected chi connectivity index (χ2v) is 2.71. The number of hydrogen-bond acceptors (Lipinski definition) is 6. The third kappa shape index (κ3) is 2.10. The molecule has 0 radical (unpaired) electrons. The highest BCUT2D eigenvalue weighted by Crippen LogP contribution is 2.00. The molecule has 0 saturated carbocycles. The Balaban J connectivity index is 2.21. The Labute approximate surface area is 83.6 Å². The molecule has 0 atom stereocenters. The first-order chi connectivity index (χ1) is 7.25. The largest absolute Gasteiger partial charge is 0.481 e. The number of tetrazole rings is 1. The second kappa shape index (κ2) is 3.78. The molecule has 0 unspecified atom stereocenters. The third-order valence-electron chi connectivity index (χ3n) is 1.62. The van der Waals surface area contributed by atoms with Crippen molar-refractivity contribution in [2.45, 2.75) is 6.42 Å². The van der Waals surface area contributed by atoms with Gasteiger partial charge in [-0.05, 0) is 22.6 Å². The van der Waals surface area contributed by atoms with Crippen LogP contribution in [0.1, 0.15) is 5.69 Å². The van der Waals surface area contributed by atoms with Gasteiger partial charge in [0.25, 0.3) is 0 Å². The number of nitrogens with zero attached hydrogens (tertiary/aromatic N) is 6. The highest BCUT2D eigenvalue weighted by molar-refractivity contribution is 5.69. The number of rotatable bonds is 3. The van der Waals surface area contributed by atoms with Gasteiger partial charge in [-0.2, -0.15) is 9.78 Å². The Kier molecular flexibility index (Phi) is 2.31. The molecule has 0 bridgehead atoms. The summed E-state index contributed by atoms with van der Waals surface area (Å²) in [5.41, 5.74) is 0.388. The van der Waals surface area contributed by atoms with Crippen molar-refractivity contribution in [2.75, 3.05) is 0 Å². The van der Waals surface area contributed by atoms with Gasteiger partial charge >= 0.3 is 5.97 Å². The zero-order chi connectivity index (χ0) is 10.7. The molecule has 0 amide bonds. The maximum atomic E-state index is 10.4. The molecule has 2 heterocycles. The Morgan fingerprint density at radius 3 is 2.80 bits per heavy atom.